The Morgan fingerprint density at radius 2 is 2.15 bits per heavy atom. The van der Waals surface area contributed by atoms with E-state index in [9.17, 15) is 4.79 Å². The Morgan fingerprint density at radius 3 is 2.69 bits per heavy atom. The molecule has 0 aromatic carbocycles. The van der Waals surface area contributed by atoms with Crippen LogP contribution in [0.3, 0.4) is 0 Å². The van der Waals surface area contributed by atoms with Gasteiger partial charge in [-0.15, -0.1) is 0 Å². The first-order chi connectivity index (χ1) is 6.19. The summed E-state index contributed by atoms with van der Waals surface area (Å²) in [6.07, 6.45) is 6.55. The zero-order valence-electron chi connectivity index (χ0n) is 8.97. The van der Waals surface area contributed by atoms with Crippen LogP contribution in [0.1, 0.15) is 46.5 Å². The van der Waals surface area contributed by atoms with Gasteiger partial charge in [0.05, 0.1) is 0 Å². The highest BCUT2D eigenvalue weighted by Gasteiger charge is 2.25. The molecule has 1 nitrogen and oxygen atoms in total. The SMILES string of the molecule is CCCC1CC(=O)C(C)=CC1CC. The molecule has 0 amide bonds. The fourth-order valence-electron chi connectivity index (χ4n) is 2.24. The molecule has 0 aromatic rings. The second-order valence-corrected chi connectivity index (χ2v) is 4.10. The first kappa shape index (κ1) is 10.5. The fourth-order valence-corrected chi connectivity index (χ4v) is 2.24. The molecule has 1 aliphatic rings. The lowest BCUT2D eigenvalue weighted by Gasteiger charge is -2.27. The minimum absolute atomic E-state index is 0.364. The molecule has 0 aliphatic heterocycles. The highest BCUT2D eigenvalue weighted by Crippen LogP contribution is 2.31. The van der Waals surface area contributed by atoms with Gasteiger partial charge in [0.25, 0.3) is 0 Å². The van der Waals surface area contributed by atoms with Crippen LogP contribution in [0.5, 0.6) is 0 Å². The Morgan fingerprint density at radius 1 is 1.46 bits per heavy atom. The first-order valence-electron chi connectivity index (χ1n) is 5.40. The number of allylic oxidation sites excluding steroid dienone is 2. The van der Waals surface area contributed by atoms with E-state index in [1.807, 2.05) is 6.92 Å². The van der Waals surface area contributed by atoms with Crippen molar-refractivity contribution in [3.63, 3.8) is 0 Å². The molecular formula is C12H20O. The molecule has 1 heteroatoms. The lowest BCUT2D eigenvalue weighted by atomic mass is 9.77. The zero-order valence-corrected chi connectivity index (χ0v) is 8.97. The van der Waals surface area contributed by atoms with E-state index in [0.29, 0.717) is 17.6 Å². The number of rotatable bonds is 3. The van der Waals surface area contributed by atoms with Gasteiger partial charge in [0.2, 0.25) is 0 Å². The van der Waals surface area contributed by atoms with Crippen molar-refractivity contribution in [3.05, 3.63) is 11.6 Å². The van der Waals surface area contributed by atoms with Crippen LogP contribution < -0.4 is 0 Å². The number of carbonyl (C=O) groups is 1. The summed E-state index contributed by atoms with van der Waals surface area (Å²) in [5.41, 5.74) is 0.985. The maximum atomic E-state index is 11.5. The Bertz CT molecular complexity index is 215. The van der Waals surface area contributed by atoms with E-state index in [1.54, 1.807) is 0 Å². The van der Waals surface area contributed by atoms with Crippen LogP contribution in [-0.4, -0.2) is 5.78 Å². The van der Waals surface area contributed by atoms with Gasteiger partial charge in [0.15, 0.2) is 5.78 Å². The van der Waals surface area contributed by atoms with Gasteiger partial charge in [0.1, 0.15) is 0 Å². The minimum atomic E-state index is 0.364. The summed E-state index contributed by atoms with van der Waals surface area (Å²) in [5, 5.41) is 0. The van der Waals surface area contributed by atoms with E-state index < -0.39 is 0 Å². The molecule has 13 heavy (non-hydrogen) atoms. The molecule has 74 valence electrons. The molecular weight excluding hydrogens is 160 g/mol. The molecule has 2 atom stereocenters. The molecule has 0 fully saturated rings. The number of hydrogen-bond acceptors (Lipinski definition) is 1. The molecule has 0 radical (unpaired) electrons. The summed E-state index contributed by atoms with van der Waals surface area (Å²) < 4.78 is 0. The summed E-state index contributed by atoms with van der Waals surface area (Å²) >= 11 is 0. The van der Waals surface area contributed by atoms with Crippen LogP contribution >= 0.6 is 0 Å². The summed E-state index contributed by atoms with van der Waals surface area (Å²) in [7, 11) is 0. The van der Waals surface area contributed by atoms with Gasteiger partial charge in [0, 0.05) is 6.42 Å². The second kappa shape index (κ2) is 4.59. The van der Waals surface area contributed by atoms with Crippen LogP contribution in [0, 0.1) is 11.8 Å². The van der Waals surface area contributed by atoms with Crippen molar-refractivity contribution in [1.29, 1.82) is 0 Å². The van der Waals surface area contributed by atoms with Crippen LogP contribution in [-0.2, 0) is 4.79 Å². The smallest absolute Gasteiger partial charge is 0.158 e. The summed E-state index contributed by atoms with van der Waals surface area (Å²) in [6.45, 7) is 6.36. The number of carbonyl (C=O) groups excluding carboxylic acids is 1. The van der Waals surface area contributed by atoms with Crippen molar-refractivity contribution in [2.24, 2.45) is 11.8 Å². The monoisotopic (exact) mass is 180 g/mol. The quantitative estimate of drug-likeness (QED) is 0.651. The Labute approximate surface area is 81.2 Å². The molecule has 0 heterocycles. The van der Waals surface area contributed by atoms with Gasteiger partial charge in [-0.3, -0.25) is 4.79 Å². The van der Waals surface area contributed by atoms with Gasteiger partial charge in [-0.25, -0.2) is 0 Å². The van der Waals surface area contributed by atoms with Crippen LogP contribution in [0.25, 0.3) is 0 Å². The molecule has 1 aliphatic carbocycles. The Hall–Kier alpha value is -0.590. The topological polar surface area (TPSA) is 17.1 Å². The van der Waals surface area contributed by atoms with Crippen LogP contribution in [0.2, 0.25) is 0 Å². The molecule has 1 rings (SSSR count). The van der Waals surface area contributed by atoms with E-state index in [-0.39, 0.29) is 0 Å². The van der Waals surface area contributed by atoms with E-state index in [0.717, 1.165) is 12.0 Å². The maximum Gasteiger partial charge on any atom is 0.158 e. The molecule has 0 bridgehead atoms. The summed E-state index contributed by atoms with van der Waals surface area (Å²) in [6, 6.07) is 0. The number of ketones is 1. The predicted octanol–water partition coefficient (Wildman–Crippen LogP) is 3.35. The van der Waals surface area contributed by atoms with Gasteiger partial charge in [-0.2, -0.15) is 0 Å². The van der Waals surface area contributed by atoms with E-state index >= 15 is 0 Å². The lowest BCUT2D eigenvalue weighted by molar-refractivity contribution is -0.117. The molecule has 0 saturated carbocycles. The summed E-state index contributed by atoms with van der Waals surface area (Å²) in [5.74, 6) is 1.63. The molecule has 0 aromatic heterocycles. The molecule has 0 spiro atoms. The Balaban J connectivity index is 2.71. The lowest BCUT2D eigenvalue weighted by Crippen LogP contribution is -2.22. The minimum Gasteiger partial charge on any atom is -0.295 e. The van der Waals surface area contributed by atoms with Gasteiger partial charge < -0.3 is 0 Å². The molecule has 2 unspecified atom stereocenters. The standard InChI is InChI=1S/C12H20O/c1-4-6-11-8-12(13)9(3)7-10(11)5-2/h7,10-11H,4-6,8H2,1-3H3. The average molecular weight is 180 g/mol. The van der Waals surface area contributed by atoms with Crippen molar-refractivity contribution in [3.8, 4) is 0 Å². The third-order valence-electron chi connectivity index (χ3n) is 3.09. The highest BCUT2D eigenvalue weighted by atomic mass is 16.1. The number of hydrogen-bond donors (Lipinski definition) is 0. The van der Waals surface area contributed by atoms with Crippen molar-refractivity contribution >= 4 is 5.78 Å². The van der Waals surface area contributed by atoms with Gasteiger partial charge >= 0.3 is 0 Å². The Kier molecular flexibility index (Phi) is 3.71. The first-order valence-corrected chi connectivity index (χ1v) is 5.40. The molecule has 0 N–H and O–H groups in total. The largest absolute Gasteiger partial charge is 0.295 e. The normalized spacial score (nSPS) is 28.8. The zero-order chi connectivity index (χ0) is 9.84. The van der Waals surface area contributed by atoms with Crippen LogP contribution in [0.4, 0.5) is 0 Å². The average Bonchev–Trinajstić information content (AvgIpc) is 2.11. The van der Waals surface area contributed by atoms with E-state index in [2.05, 4.69) is 19.9 Å². The van der Waals surface area contributed by atoms with E-state index in [4.69, 9.17) is 0 Å². The third-order valence-corrected chi connectivity index (χ3v) is 3.09. The number of Topliss-reactive ketones (excluding diaryl/α,β-unsaturated/α-hetero) is 1. The van der Waals surface area contributed by atoms with Crippen molar-refractivity contribution in [2.45, 2.75) is 46.5 Å². The van der Waals surface area contributed by atoms with Gasteiger partial charge in [-0.1, -0.05) is 26.3 Å². The van der Waals surface area contributed by atoms with Crippen molar-refractivity contribution in [1.82, 2.24) is 0 Å². The van der Waals surface area contributed by atoms with E-state index in [1.165, 1.54) is 19.3 Å². The van der Waals surface area contributed by atoms with Crippen molar-refractivity contribution < 1.29 is 4.79 Å². The summed E-state index contributed by atoms with van der Waals surface area (Å²) in [4.78, 5) is 11.5. The maximum absolute atomic E-state index is 11.5. The highest BCUT2D eigenvalue weighted by molar-refractivity contribution is 5.95. The molecule has 0 saturated heterocycles. The third kappa shape index (κ3) is 2.43. The fraction of sp³-hybridized carbons (Fsp3) is 0.750. The van der Waals surface area contributed by atoms with Gasteiger partial charge in [-0.05, 0) is 37.2 Å². The van der Waals surface area contributed by atoms with Crippen LogP contribution in [0.15, 0.2) is 11.6 Å². The second-order valence-electron chi connectivity index (χ2n) is 4.10. The van der Waals surface area contributed by atoms with Crippen molar-refractivity contribution in [2.75, 3.05) is 0 Å². The predicted molar refractivity (Wildman–Crippen MR) is 55.6 cm³/mol.